The third-order valence-corrected chi connectivity index (χ3v) is 2.14. The molecule has 1 rings (SSSR count). The number of hydrogen-bond acceptors (Lipinski definition) is 3. The molecule has 0 aromatic heterocycles. The van der Waals surface area contributed by atoms with E-state index in [1.807, 2.05) is 0 Å². The lowest BCUT2D eigenvalue weighted by molar-refractivity contribution is -0.147. The molecule has 1 aliphatic rings. The Kier molecular flexibility index (Phi) is 3.30. The van der Waals surface area contributed by atoms with Crippen LogP contribution in [0, 0.1) is 0 Å². The molecule has 15 heavy (non-hydrogen) atoms. The second kappa shape index (κ2) is 4.02. The zero-order valence-electron chi connectivity index (χ0n) is 8.85. The molecule has 0 radical (unpaired) electrons. The van der Waals surface area contributed by atoms with Crippen LogP contribution in [0.15, 0.2) is 0 Å². The van der Waals surface area contributed by atoms with Crippen molar-refractivity contribution in [2.24, 2.45) is 5.73 Å². The van der Waals surface area contributed by atoms with Crippen molar-refractivity contribution in [2.75, 3.05) is 6.61 Å². The van der Waals surface area contributed by atoms with E-state index in [4.69, 9.17) is 10.5 Å². The third-order valence-electron chi connectivity index (χ3n) is 2.14. The van der Waals surface area contributed by atoms with Gasteiger partial charge in [0.15, 0.2) is 0 Å². The van der Waals surface area contributed by atoms with Crippen molar-refractivity contribution in [3.8, 4) is 0 Å². The van der Waals surface area contributed by atoms with Gasteiger partial charge in [0.05, 0.1) is 11.6 Å². The maximum Gasteiger partial charge on any atom is 0.348 e. The van der Waals surface area contributed by atoms with E-state index in [2.05, 4.69) is 0 Å². The van der Waals surface area contributed by atoms with Crippen molar-refractivity contribution in [2.45, 2.75) is 44.4 Å². The summed E-state index contributed by atoms with van der Waals surface area (Å²) in [6.07, 6.45) is 0.612. The number of ether oxygens (including phenoxy) is 1. The molecule has 3 N–H and O–H groups in total. The van der Waals surface area contributed by atoms with Crippen molar-refractivity contribution in [3.05, 3.63) is 0 Å². The lowest BCUT2D eigenvalue weighted by atomic mass is 10.2. The van der Waals surface area contributed by atoms with Gasteiger partial charge in [-0.25, -0.2) is 0 Å². The van der Waals surface area contributed by atoms with Gasteiger partial charge >= 0.3 is 6.05 Å². The predicted octanol–water partition coefficient (Wildman–Crippen LogP) is 0.612. The largest absolute Gasteiger partial charge is 0.370 e. The summed E-state index contributed by atoms with van der Waals surface area (Å²) in [7, 11) is 0. The summed E-state index contributed by atoms with van der Waals surface area (Å²) < 4.78 is 30.9. The minimum atomic E-state index is -3.35. The van der Waals surface area contributed by atoms with Gasteiger partial charge in [-0.3, -0.25) is 10.1 Å². The molecule has 0 aromatic carbocycles. The second-order valence-electron chi connectivity index (χ2n) is 4.17. The van der Waals surface area contributed by atoms with Crippen LogP contribution in [0.3, 0.4) is 0 Å². The summed E-state index contributed by atoms with van der Waals surface area (Å²) >= 11 is 0. The summed E-state index contributed by atoms with van der Waals surface area (Å²) in [6.45, 7) is 2.46. The molecule has 0 spiro atoms. The number of amides is 1. The van der Waals surface area contributed by atoms with Crippen LogP contribution in [0.5, 0.6) is 0 Å². The van der Waals surface area contributed by atoms with E-state index in [0.717, 1.165) is 0 Å². The molecule has 88 valence electrons. The zero-order chi connectivity index (χ0) is 11.7. The zero-order valence-corrected chi connectivity index (χ0v) is 8.85. The number of nitrogens with two attached hydrogens (primary N) is 1. The first kappa shape index (κ1) is 12.3. The van der Waals surface area contributed by atoms with Gasteiger partial charge in [-0.2, -0.15) is 8.78 Å². The van der Waals surface area contributed by atoms with Gasteiger partial charge in [0.2, 0.25) is 5.91 Å². The normalized spacial score (nSPS) is 19.1. The third kappa shape index (κ3) is 3.71. The second-order valence-corrected chi connectivity index (χ2v) is 4.17. The number of hydrogen-bond donors (Lipinski definition) is 2. The number of carbonyl (C=O) groups excluding carboxylic acids is 1. The molecule has 6 heteroatoms. The molecular weight excluding hydrogens is 206 g/mol. The van der Waals surface area contributed by atoms with Gasteiger partial charge in [0, 0.05) is 0 Å². The van der Waals surface area contributed by atoms with Crippen LogP contribution in [0.4, 0.5) is 8.78 Å². The van der Waals surface area contributed by atoms with Crippen LogP contribution in [0.25, 0.3) is 0 Å². The molecule has 0 aromatic rings. The van der Waals surface area contributed by atoms with E-state index in [9.17, 15) is 13.6 Å². The molecule has 1 fully saturated rings. The SMILES string of the molecule is CC(C)OCC(F)(F)NC(=O)C1(N)CC1. The van der Waals surface area contributed by atoms with E-state index < -0.39 is 24.1 Å². The summed E-state index contributed by atoms with van der Waals surface area (Å²) in [4.78, 5) is 11.2. The molecule has 0 saturated heterocycles. The van der Waals surface area contributed by atoms with Crippen molar-refractivity contribution in [1.29, 1.82) is 0 Å². The fourth-order valence-electron chi connectivity index (χ4n) is 0.960. The quantitative estimate of drug-likeness (QED) is 0.670. The molecule has 0 aliphatic heterocycles. The van der Waals surface area contributed by atoms with E-state index in [0.29, 0.717) is 12.8 Å². The molecule has 4 nitrogen and oxygen atoms in total. The van der Waals surface area contributed by atoms with Gasteiger partial charge in [0.1, 0.15) is 6.61 Å². The van der Waals surface area contributed by atoms with Crippen LogP contribution in [0.1, 0.15) is 26.7 Å². The maximum absolute atomic E-state index is 13.1. The number of nitrogens with one attached hydrogen (secondary N) is 1. The lowest BCUT2D eigenvalue weighted by Crippen LogP contribution is -2.52. The van der Waals surface area contributed by atoms with Crippen molar-refractivity contribution < 1.29 is 18.3 Å². The predicted molar refractivity (Wildman–Crippen MR) is 50.3 cm³/mol. The van der Waals surface area contributed by atoms with Crippen LogP contribution in [0.2, 0.25) is 0 Å². The number of halogens is 2. The monoisotopic (exact) mass is 222 g/mol. The first-order chi connectivity index (χ1) is 6.75. The van der Waals surface area contributed by atoms with Gasteiger partial charge in [0.25, 0.3) is 0 Å². The Bertz CT molecular complexity index is 252. The summed E-state index contributed by atoms with van der Waals surface area (Å²) in [5.41, 5.74) is 4.38. The Balaban J connectivity index is 2.38. The van der Waals surface area contributed by atoms with Crippen LogP contribution < -0.4 is 11.1 Å². The average Bonchev–Trinajstić information content (AvgIpc) is 2.81. The molecule has 0 unspecified atom stereocenters. The lowest BCUT2D eigenvalue weighted by Gasteiger charge is -2.21. The molecular formula is C9H16F2N2O2. The van der Waals surface area contributed by atoms with Crippen molar-refractivity contribution in [1.82, 2.24) is 5.32 Å². The highest BCUT2D eigenvalue weighted by Gasteiger charge is 2.49. The van der Waals surface area contributed by atoms with Crippen LogP contribution in [-0.2, 0) is 9.53 Å². The Morgan fingerprint density at radius 3 is 2.53 bits per heavy atom. The molecule has 1 saturated carbocycles. The highest BCUT2D eigenvalue weighted by atomic mass is 19.3. The Morgan fingerprint density at radius 1 is 1.60 bits per heavy atom. The van der Waals surface area contributed by atoms with Gasteiger partial charge < -0.3 is 10.5 Å². The van der Waals surface area contributed by atoms with Gasteiger partial charge in [-0.05, 0) is 26.7 Å². The van der Waals surface area contributed by atoms with E-state index in [1.54, 1.807) is 19.2 Å². The molecule has 0 heterocycles. The van der Waals surface area contributed by atoms with E-state index in [1.165, 1.54) is 0 Å². The fraction of sp³-hybridized carbons (Fsp3) is 0.889. The first-order valence-corrected chi connectivity index (χ1v) is 4.86. The smallest absolute Gasteiger partial charge is 0.348 e. The van der Waals surface area contributed by atoms with Crippen molar-refractivity contribution in [3.63, 3.8) is 0 Å². The summed E-state index contributed by atoms with van der Waals surface area (Å²) in [5, 5.41) is 1.59. The molecule has 1 amide bonds. The fourth-order valence-corrected chi connectivity index (χ4v) is 0.960. The number of carbonyl (C=O) groups is 1. The Hall–Kier alpha value is -0.750. The minimum absolute atomic E-state index is 0.305. The van der Waals surface area contributed by atoms with Gasteiger partial charge in [-0.1, -0.05) is 0 Å². The van der Waals surface area contributed by atoms with Gasteiger partial charge in [-0.15, -0.1) is 0 Å². The number of alkyl halides is 2. The standard InChI is InChI=1S/C9H16F2N2O2/c1-6(2)15-5-9(10,11)13-7(14)8(12)3-4-8/h6H,3-5,12H2,1-2H3,(H,13,14). The van der Waals surface area contributed by atoms with Crippen LogP contribution >= 0.6 is 0 Å². The Labute approximate surface area is 87.1 Å². The average molecular weight is 222 g/mol. The van der Waals surface area contributed by atoms with Crippen molar-refractivity contribution >= 4 is 5.91 Å². The highest BCUT2D eigenvalue weighted by Crippen LogP contribution is 2.33. The topological polar surface area (TPSA) is 64.3 Å². The maximum atomic E-state index is 13.1. The van der Waals surface area contributed by atoms with Crippen LogP contribution in [-0.4, -0.2) is 30.2 Å². The van der Waals surface area contributed by atoms with E-state index in [-0.39, 0.29) is 6.10 Å². The molecule has 0 atom stereocenters. The van der Waals surface area contributed by atoms with E-state index >= 15 is 0 Å². The summed E-state index contributed by atoms with van der Waals surface area (Å²) in [5.74, 6) is -0.806. The number of rotatable bonds is 5. The minimum Gasteiger partial charge on any atom is -0.370 e. The first-order valence-electron chi connectivity index (χ1n) is 4.86. The molecule has 0 bridgehead atoms. The highest BCUT2D eigenvalue weighted by molar-refractivity contribution is 5.89. The Morgan fingerprint density at radius 2 is 2.13 bits per heavy atom. The summed E-state index contributed by atoms with van der Waals surface area (Å²) in [6, 6.07) is -3.35. The molecule has 1 aliphatic carbocycles.